The molecule has 1 N–H and O–H groups in total. The summed E-state index contributed by atoms with van der Waals surface area (Å²) in [6.45, 7) is 2.07. The van der Waals surface area contributed by atoms with Crippen LogP contribution in [0.1, 0.15) is 53.1 Å². The number of amides is 1. The maximum absolute atomic E-state index is 11.9. The topological polar surface area (TPSA) is 38.3 Å². The van der Waals surface area contributed by atoms with Crippen LogP contribution in [-0.4, -0.2) is 13.0 Å². The molecule has 0 unspecified atom stereocenters. The minimum atomic E-state index is -0.144. The normalized spacial score (nSPS) is 16.1. The Bertz CT molecular complexity index is 409. The van der Waals surface area contributed by atoms with Gasteiger partial charge in [-0.25, -0.2) is 5.48 Å². The van der Waals surface area contributed by atoms with E-state index < -0.39 is 0 Å². The summed E-state index contributed by atoms with van der Waals surface area (Å²) >= 11 is 0. The number of hydrogen-bond donors (Lipinski definition) is 1. The zero-order chi connectivity index (χ0) is 12.3. The number of carbonyl (C=O) groups excluding carboxylic acids is 1. The van der Waals surface area contributed by atoms with Crippen molar-refractivity contribution in [2.45, 2.75) is 38.5 Å². The Hall–Kier alpha value is -1.35. The number of rotatable bonds is 3. The summed E-state index contributed by atoms with van der Waals surface area (Å²) in [6.07, 6.45) is 4.92. The van der Waals surface area contributed by atoms with Gasteiger partial charge in [0.05, 0.1) is 7.11 Å². The van der Waals surface area contributed by atoms with E-state index in [1.54, 1.807) is 0 Å². The predicted octanol–water partition coefficient (Wildman–Crippen LogP) is 2.94. The Labute approximate surface area is 102 Å². The minimum absolute atomic E-state index is 0.144. The highest BCUT2D eigenvalue weighted by Crippen LogP contribution is 2.36. The molecule has 0 spiro atoms. The molecule has 3 heteroatoms. The quantitative estimate of drug-likeness (QED) is 0.815. The SMILES string of the molecule is CONC(=O)c1ccc(C)cc1C1CCCC1. The number of nitrogens with one attached hydrogen (secondary N) is 1. The summed E-state index contributed by atoms with van der Waals surface area (Å²) in [4.78, 5) is 16.6. The van der Waals surface area contributed by atoms with Gasteiger partial charge in [0, 0.05) is 5.56 Å². The molecule has 1 fully saturated rings. The van der Waals surface area contributed by atoms with E-state index in [-0.39, 0.29) is 5.91 Å². The summed E-state index contributed by atoms with van der Waals surface area (Å²) in [5.41, 5.74) is 5.55. The van der Waals surface area contributed by atoms with Crippen LogP contribution in [0.4, 0.5) is 0 Å². The Morgan fingerprint density at radius 3 is 2.71 bits per heavy atom. The highest BCUT2D eigenvalue weighted by Gasteiger charge is 2.22. The molecule has 2 rings (SSSR count). The molecule has 1 aromatic rings. The molecule has 0 atom stereocenters. The number of carbonyl (C=O) groups is 1. The van der Waals surface area contributed by atoms with Crippen LogP contribution < -0.4 is 5.48 Å². The molecule has 3 nitrogen and oxygen atoms in total. The van der Waals surface area contributed by atoms with Gasteiger partial charge in [-0.05, 0) is 37.3 Å². The van der Waals surface area contributed by atoms with Crippen molar-refractivity contribution in [2.24, 2.45) is 0 Å². The predicted molar refractivity (Wildman–Crippen MR) is 66.9 cm³/mol. The molecular formula is C14H19NO2. The standard InChI is InChI=1S/C14H19NO2/c1-10-7-8-12(14(16)15-17-2)13(9-10)11-5-3-4-6-11/h7-9,11H,3-6H2,1-2H3,(H,15,16). The average Bonchev–Trinajstić information content (AvgIpc) is 2.82. The molecule has 1 amide bonds. The first-order valence-corrected chi connectivity index (χ1v) is 6.16. The monoisotopic (exact) mass is 233 g/mol. The molecule has 0 radical (unpaired) electrons. The Kier molecular flexibility index (Phi) is 3.79. The second-order valence-electron chi connectivity index (χ2n) is 4.71. The van der Waals surface area contributed by atoms with Crippen LogP contribution in [0.15, 0.2) is 18.2 Å². The van der Waals surface area contributed by atoms with Crippen LogP contribution in [0.3, 0.4) is 0 Å². The van der Waals surface area contributed by atoms with E-state index in [1.165, 1.54) is 43.9 Å². The van der Waals surface area contributed by atoms with E-state index in [9.17, 15) is 4.79 Å². The molecule has 0 saturated heterocycles. The molecule has 0 aliphatic heterocycles. The zero-order valence-corrected chi connectivity index (χ0v) is 10.5. The lowest BCUT2D eigenvalue weighted by atomic mass is 9.91. The molecule has 1 aliphatic rings. The molecule has 1 aromatic carbocycles. The van der Waals surface area contributed by atoms with Gasteiger partial charge >= 0.3 is 0 Å². The third-order valence-electron chi connectivity index (χ3n) is 3.44. The second-order valence-corrected chi connectivity index (χ2v) is 4.71. The lowest BCUT2D eigenvalue weighted by Crippen LogP contribution is -2.23. The van der Waals surface area contributed by atoms with Gasteiger partial charge < -0.3 is 0 Å². The Balaban J connectivity index is 2.33. The van der Waals surface area contributed by atoms with Gasteiger partial charge in [0.15, 0.2) is 0 Å². The molecule has 1 saturated carbocycles. The van der Waals surface area contributed by atoms with Crippen molar-refractivity contribution in [1.82, 2.24) is 5.48 Å². The van der Waals surface area contributed by atoms with Crippen LogP contribution in [-0.2, 0) is 4.84 Å². The summed E-state index contributed by atoms with van der Waals surface area (Å²) in [5, 5.41) is 0. The van der Waals surface area contributed by atoms with Gasteiger partial charge in [-0.1, -0.05) is 30.5 Å². The number of hydrogen-bond acceptors (Lipinski definition) is 2. The highest BCUT2D eigenvalue weighted by atomic mass is 16.6. The Morgan fingerprint density at radius 1 is 1.35 bits per heavy atom. The molecule has 92 valence electrons. The van der Waals surface area contributed by atoms with Crippen molar-refractivity contribution < 1.29 is 9.63 Å². The fourth-order valence-corrected chi connectivity index (χ4v) is 2.61. The fraction of sp³-hybridized carbons (Fsp3) is 0.500. The van der Waals surface area contributed by atoms with Gasteiger partial charge in [-0.15, -0.1) is 0 Å². The third-order valence-corrected chi connectivity index (χ3v) is 3.44. The van der Waals surface area contributed by atoms with Crippen molar-refractivity contribution in [2.75, 3.05) is 7.11 Å². The second kappa shape index (κ2) is 5.32. The first-order chi connectivity index (χ1) is 8.22. The van der Waals surface area contributed by atoms with Crippen LogP contribution in [0.5, 0.6) is 0 Å². The van der Waals surface area contributed by atoms with Gasteiger partial charge in [-0.3, -0.25) is 9.63 Å². The first kappa shape index (κ1) is 12.1. The highest BCUT2D eigenvalue weighted by molar-refractivity contribution is 5.95. The largest absolute Gasteiger partial charge is 0.277 e. The molecule has 1 aliphatic carbocycles. The number of aryl methyl sites for hydroxylation is 1. The van der Waals surface area contributed by atoms with Crippen LogP contribution in [0.25, 0.3) is 0 Å². The summed E-state index contributed by atoms with van der Waals surface area (Å²) in [5.74, 6) is 0.391. The molecule has 0 aromatic heterocycles. The summed E-state index contributed by atoms with van der Waals surface area (Å²) in [7, 11) is 1.46. The molecule has 0 bridgehead atoms. The van der Waals surface area contributed by atoms with E-state index in [2.05, 4.69) is 18.5 Å². The molecular weight excluding hydrogens is 214 g/mol. The fourth-order valence-electron chi connectivity index (χ4n) is 2.61. The van der Waals surface area contributed by atoms with Gasteiger partial charge in [0.25, 0.3) is 5.91 Å². The van der Waals surface area contributed by atoms with E-state index in [0.717, 1.165) is 5.56 Å². The van der Waals surface area contributed by atoms with E-state index >= 15 is 0 Å². The van der Waals surface area contributed by atoms with Gasteiger partial charge in [0.1, 0.15) is 0 Å². The average molecular weight is 233 g/mol. The van der Waals surface area contributed by atoms with Crippen molar-refractivity contribution in [3.05, 3.63) is 34.9 Å². The smallest absolute Gasteiger partial charge is 0.275 e. The molecule has 17 heavy (non-hydrogen) atoms. The molecule has 0 heterocycles. The lowest BCUT2D eigenvalue weighted by molar-refractivity contribution is 0.0536. The van der Waals surface area contributed by atoms with Crippen molar-refractivity contribution in [1.29, 1.82) is 0 Å². The summed E-state index contributed by atoms with van der Waals surface area (Å²) < 4.78 is 0. The van der Waals surface area contributed by atoms with Crippen LogP contribution >= 0.6 is 0 Å². The maximum Gasteiger partial charge on any atom is 0.275 e. The summed E-state index contributed by atoms with van der Waals surface area (Å²) in [6, 6.07) is 6.01. The van der Waals surface area contributed by atoms with E-state index in [4.69, 9.17) is 4.84 Å². The van der Waals surface area contributed by atoms with Gasteiger partial charge in [0.2, 0.25) is 0 Å². The van der Waals surface area contributed by atoms with Crippen molar-refractivity contribution in [3.63, 3.8) is 0 Å². The van der Waals surface area contributed by atoms with Crippen molar-refractivity contribution in [3.8, 4) is 0 Å². The maximum atomic E-state index is 11.9. The van der Waals surface area contributed by atoms with Crippen molar-refractivity contribution >= 4 is 5.91 Å². The number of hydroxylamine groups is 1. The van der Waals surface area contributed by atoms with Gasteiger partial charge in [-0.2, -0.15) is 0 Å². The third kappa shape index (κ3) is 2.67. The number of benzene rings is 1. The van der Waals surface area contributed by atoms with Crippen LogP contribution in [0, 0.1) is 6.92 Å². The Morgan fingerprint density at radius 2 is 2.06 bits per heavy atom. The first-order valence-electron chi connectivity index (χ1n) is 6.16. The van der Waals surface area contributed by atoms with Crippen LogP contribution in [0.2, 0.25) is 0 Å². The zero-order valence-electron chi connectivity index (χ0n) is 10.5. The van der Waals surface area contributed by atoms with E-state index in [1.807, 2.05) is 12.1 Å². The van der Waals surface area contributed by atoms with E-state index in [0.29, 0.717) is 5.92 Å². The lowest BCUT2D eigenvalue weighted by Gasteiger charge is -2.15. The minimum Gasteiger partial charge on any atom is -0.277 e.